The van der Waals surface area contributed by atoms with Gasteiger partial charge in [0.25, 0.3) is 0 Å². The van der Waals surface area contributed by atoms with Crippen molar-refractivity contribution in [1.29, 1.82) is 0 Å². The number of hydrogen-bond donors (Lipinski definition) is 2. The number of rotatable bonds is 6. The van der Waals surface area contributed by atoms with Crippen LogP contribution in [-0.4, -0.2) is 18.5 Å². The average Bonchev–Trinajstić information content (AvgIpc) is 2.33. The van der Waals surface area contributed by atoms with Crippen molar-refractivity contribution in [1.82, 2.24) is 5.32 Å². The van der Waals surface area contributed by atoms with E-state index in [2.05, 4.69) is 19.2 Å². The minimum Gasteiger partial charge on any atom is -0.356 e. The second-order valence-electron chi connectivity index (χ2n) is 5.47. The van der Waals surface area contributed by atoms with Gasteiger partial charge < -0.3 is 11.1 Å². The van der Waals surface area contributed by atoms with Crippen molar-refractivity contribution in [2.45, 2.75) is 64.8 Å². The van der Waals surface area contributed by atoms with Gasteiger partial charge in [-0.2, -0.15) is 0 Å². The molecule has 3 heteroatoms. The SMILES string of the molecule is CCC(CC)CNC(=O)CC1CCC(N)CC1. The number of nitrogens with one attached hydrogen (secondary N) is 1. The maximum Gasteiger partial charge on any atom is 0.220 e. The Labute approximate surface area is 106 Å². The Morgan fingerprint density at radius 1 is 1.24 bits per heavy atom. The van der Waals surface area contributed by atoms with Crippen molar-refractivity contribution >= 4 is 5.91 Å². The molecule has 1 aliphatic carbocycles. The topological polar surface area (TPSA) is 55.1 Å². The summed E-state index contributed by atoms with van der Waals surface area (Å²) in [5, 5.41) is 3.07. The van der Waals surface area contributed by atoms with E-state index in [0.29, 0.717) is 24.3 Å². The molecule has 0 aliphatic heterocycles. The molecule has 1 amide bonds. The summed E-state index contributed by atoms with van der Waals surface area (Å²) in [5.41, 5.74) is 5.86. The van der Waals surface area contributed by atoms with Gasteiger partial charge in [-0.25, -0.2) is 0 Å². The second-order valence-corrected chi connectivity index (χ2v) is 5.47. The molecule has 0 heterocycles. The first-order chi connectivity index (χ1) is 8.15. The molecule has 0 aromatic rings. The van der Waals surface area contributed by atoms with Gasteiger partial charge in [0.2, 0.25) is 5.91 Å². The molecule has 100 valence electrons. The molecule has 0 aromatic heterocycles. The largest absolute Gasteiger partial charge is 0.356 e. The van der Waals surface area contributed by atoms with Crippen LogP contribution in [0.4, 0.5) is 0 Å². The quantitative estimate of drug-likeness (QED) is 0.749. The summed E-state index contributed by atoms with van der Waals surface area (Å²) in [7, 11) is 0. The highest BCUT2D eigenvalue weighted by Gasteiger charge is 2.20. The van der Waals surface area contributed by atoms with E-state index in [1.54, 1.807) is 0 Å². The molecule has 0 unspecified atom stereocenters. The Kier molecular flexibility index (Phi) is 6.56. The smallest absolute Gasteiger partial charge is 0.220 e. The molecule has 1 fully saturated rings. The molecule has 17 heavy (non-hydrogen) atoms. The molecule has 0 atom stereocenters. The fraction of sp³-hybridized carbons (Fsp3) is 0.929. The summed E-state index contributed by atoms with van der Waals surface area (Å²) in [6.07, 6.45) is 7.42. The molecule has 0 radical (unpaired) electrons. The number of nitrogens with two attached hydrogens (primary N) is 1. The lowest BCUT2D eigenvalue weighted by Crippen LogP contribution is -2.32. The van der Waals surface area contributed by atoms with Crippen LogP contribution in [0.1, 0.15) is 58.8 Å². The van der Waals surface area contributed by atoms with E-state index >= 15 is 0 Å². The van der Waals surface area contributed by atoms with Gasteiger partial charge in [-0.15, -0.1) is 0 Å². The Morgan fingerprint density at radius 3 is 2.35 bits per heavy atom. The Hall–Kier alpha value is -0.570. The fourth-order valence-corrected chi connectivity index (χ4v) is 2.56. The standard InChI is InChI=1S/C14H28N2O/c1-3-11(4-2)10-16-14(17)9-12-5-7-13(15)8-6-12/h11-13H,3-10,15H2,1-2H3,(H,16,17). The third-order valence-corrected chi connectivity index (χ3v) is 4.11. The molecule has 0 spiro atoms. The molecule has 0 bridgehead atoms. The van der Waals surface area contributed by atoms with E-state index in [9.17, 15) is 4.79 Å². The predicted molar refractivity (Wildman–Crippen MR) is 71.6 cm³/mol. The normalized spacial score (nSPS) is 24.9. The van der Waals surface area contributed by atoms with Crippen molar-refractivity contribution < 1.29 is 4.79 Å². The second kappa shape index (κ2) is 7.70. The minimum atomic E-state index is 0.234. The third kappa shape index (κ3) is 5.53. The Balaban J connectivity index is 2.16. The van der Waals surface area contributed by atoms with E-state index < -0.39 is 0 Å². The zero-order chi connectivity index (χ0) is 12.7. The zero-order valence-corrected chi connectivity index (χ0v) is 11.4. The van der Waals surface area contributed by atoms with Gasteiger partial charge in [-0.3, -0.25) is 4.79 Å². The molecule has 3 N–H and O–H groups in total. The first-order valence-corrected chi connectivity index (χ1v) is 7.17. The van der Waals surface area contributed by atoms with E-state index in [1.807, 2.05) is 0 Å². The van der Waals surface area contributed by atoms with Crippen LogP contribution in [0.5, 0.6) is 0 Å². The summed E-state index contributed by atoms with van der Waals surface area (Å²) in [6.45, 7) is 5.21. The first kappa shape index (κ1) is 14.5. The number of amides is 1. The summed E-state index contributed by atoms with van der Waals surface area (Å²) in [5.74, 6) is 1.44. The maximum absolute atomic E-state index is 11.8. The van der Waals surface area contributed by atoms with Crippen molar-refractivity contribution in [2.24, 2.45) is 17.6 Å². The van der Waals surface area contributed by atoms with E-state index in [-0.39, 0.29) is 5.91 Å². The molecule has 3 nitrogen and oxygen atoms in total. The highest BCUT2D eigenvalue weighted by molar-refractivity contribution is 5.76. The van der Waals surface area contributed by atoms with Gasteiger partial charge >= 0.3 is 0 Å². The van der Waals surface area contributed by atoms with Crippen LogP contribution in [0.3, 0.4) is 0 Å². The van der Waals surface area contributed by atoms with Crippen LogP contribution in [0.15, 0.2) is 0 Å². The van der Waals surface area contributed by atoms with Gasteiger partial charge in [0.05, 0.1) is 0 Å². The summed E-state index contributed by atoms with van der Waals surface area (Å²) in [4.78, 5) is 11.8. The number of carbonyl (C=O) groups excluding carboxylic acids is 1. The number of hydrogen-bond acceptors (Lipinski definition) is 2. The highest BCUT2D eigenvalue weighted by Crippen LogP contribution is 2.25. The van der Waals surface area contributed by atoms with Gasteiger partial charge in [-0.1, -0.05) is 26.7 Å². The Bertz CT molecular complexity index is 218. The Morgan fingerprint density at radius 2 is 1.82 bits per heavy atom. The lowest BCUT2D eigenvalue weighted by atomic mass is 9.84. The fourth-order valence-electron chi connectivity index (χ4n) is 2.56. The van der Waals surface area contributed by atoms with Crippen LogP contribution in [0.25, 0.3) is 0 Å². The highest BCUT2D eigenvalue weighted by atomic mass is 16.1. The molecular weight excluding hydrogens is 212 g/mol. The monoisotopic (exact) mass is 240 g/mol. The lowest BCUT2D eigenvalue weighted by molar-refractivity contribution is -0.122. The van der Waals surface area contributed by atoms with E-state index in [0.717, 1.165) is 45.1 Å². The molecule has 1 aliphatic rings. The zero-order valence-electron chi connectivity index (χ0n) is 11.4. The van der Waals surface area contributed by atoms with Crippen LogP contribution in [0, 0.1) is 11.8 Å². The van der Waals surface area contributed by atoms with Crippen molar-refractivity contribution in [3.63, 3.8) is 0 Å². The summed E-state index contributed by atoms with van der Waals surface area (Å²) in [6, 6.07) is 0.374. The molecule has 0 aromatic carbocycles. The van der Waals surface area contributed by atoms with Gasteiger partial charge in [-0.05, 0) is 37.5 Å². The van der Waals surface area contributed by atoms with Crippen LogP contribution >= 0.6 is 0 Å². The van der Waals surface area contributed by atoms with Crippen molar-refractivity contribution in [3.05, 3.63) is 0 Å². The molecule has 0 saturated heterocycles. The number of carbonyl (C=O) groups is 1. The van der Waals surface area contributed by atoms with Crippen molar-refractivity contribution in [3.8, 4) is 0 Å². The van der Waals surface area contributed by atoms with Crippen LogP contribution in [0.2, 0.25) is 0 Å². The maximum atomic E-state index is 11.8. The summed E-state index contributed by atoms with van der Waals surface area (Å²) < 4.78 is 0. The summed E-state index contributed by atoms with van der Waals surface area (Å²) >= 11 is 0. The first-order valence-electron chi connectivity index (χ1n) is 7.17. The van der Waals surface area contributed by atoms with Gasteiger partial charge in [0.1, 0.15) is 0 Å². The van der Waals surface area contributed by atoms with Gasteiger partial charge in [0.15, 0.2) is 0 Å². The predicted octanol–water partition coefficient (Wildman–Crippen LogP) is 2.45. The van der Waals surface area contributed by atoms with Crippen LogP contribution < -0.4 is 11.1 Å². The lowest BCUT2D eigenvalue weighted by Gasteiger charge is -2.25. The molecule has 1 rings (SSSR count). The average molecular weight is 240 g/mol. The molecule has 1 saturated carbocycles. The van der Waals surface area contributed by atoms with Crippen LogP contribution in [-0.2, 0) is 4.79 Å². The minimum absolute atomic E-state index is 0.234. The molecular formula is C14H28N2O. The third-order valence-electron chi connectivity index (χ3n) is 4.11. The van der Waals surface area contributed by atoms with Gasteiger partial charge in [0, 0.05) is 19.0 Å². The van der Waals surface area contributed by atoms with E-state index in [4.69, 9.17) is 5.73 Å². The van der Waals surface area contributed by atoms with E-state index in [1.165, 1.54) is 0 Å². The van der Waals surface area contributed by atoms with Crippen molar-refractivity contribution in [2.75, 3.05) is 6.54 Å².